The maximum absolute atomic E-state index is 13.3. The van der Waals surface area contributed by atoms with Crippen molar-refractivity contribution in [2.45, 2.75) is 37.8 Å². The molecule has 1 aliphatic carbocycles. The SMILES string of the molecule is N#Cc1ccc(NNC(=O)c2ccc(NC(=O)c3nccc(Nc4cc(C5CCCC5)n[nH]4)n3)cc2)c(C(F)(F)F)c1. The van der Waals surface area contributed by atoms with Crippen molar-refractivity contribution in [2.24, 2.45) is 0 Å². The molecule has 0 unspecified atom stereocenters. The number of amides is 2. The van der Waals surface area contributed by atoms with Crippen LogP contribution in [0.4, 0.5) is 36.2 Å². The van der Waals surface area contributed by atoms with Crippen molar-refractivity contribution in [3.63, 3.8) is 0 Å². The minimum absolute atomic E-state index is 0.0931. The van der Waals surface area contributed by atoms with Crippen LogP contribution in [0.1, 0.15) is 69.4 Å². The van der Waals surface area contributed by atoms with Crippen LogP contribution < -0.4 is 21.5 Å². The third-order valence-corrected chi connectivity index (χ3v) is 6.66. The first kappa shape index (κ1) is 28.1. The summed E-state index contributed by atoms with van der Waals surface area (Å²) in [5.74, 6) is 0.0921. The van der Waals surface area contributed by atoms with Gasteiger partial charge in [0.1, 0.15) is 11.6 Å². The molecule has 14 heteroatoms. The molecule has 0 aliphatic heterocycles. The lowest BCUT2D eigenvalue weighted by atomic mass is 10.0. The fraction of sp³-hybridized carbons (Fsp3) is 0.214. The average Bonchev–Trinajstić information content (AvgIpc) is 3.68. The van der Waals surface area contributed by atoms with E-state index in [2.05, 4.69) is 41.7 Å². The number of carbonyl (C=O) groups excluding carboxylic acids is 2. The monoisotopic (exact) mass is 575 g/mol. The van der Waals surface area contributed by atoms with Crippen molar-refractivity contribution < 1.29 is 22.8 Å². The number of alkyl halides is 3. The van der Waals surface area contributed by atoms with Crippen LogP contribution in [0.2, 0.25) is 0 Å². The predicted molar refractivity (Wildman–Crippen MR) is 147 cm³/mol. The van der Waals surface area contributed by atoms with Gasteiger partial charge >= 0.3 is 6.18 Å². The Hall–Kier alpha value is -5.45. The summed E-state index contributed by atoms with van der Waals surface area (Å²) in [4.78, 5) is 33.5. The maximum atomic E-state index is 13.3. The molecule has 0 spiro atoms. The van der Waals surface area contributed by atoms with Gasteiger partial charge in [-0.3, -0.25) is 25.5 Å². The Morgan fingerprint density at radius 3 is 2.48 bits per heavy atom. The number of hydrazine groups is 1. The second-order valence-electron chi connectivity index (χ2n) is 9.56. The number of hydrogen-bond donors (Lipinski definition) is 5. The van der Waals surface area contributed by atoms with Crippen LogP contribution in [0.15, 0.2) is 60.8 Å². The molecule has 1 fully saturated rings. The summed E-state index contributed by atoms with van der Waals surface area (Å²) in [5.41, 5.74) is 4.21. The van der Waals surface area contributed by atoms with Crippen molar-refractivity contribution in [1.29, 1.82) is 5.26 Å². The van der Waals surface area contributed by atoms with Gasteiger partial charge in [-0.25, -0.2) is 9.97 Å². The molecular weight excluding hydrogens is 551 g/mol. The molecule has 0 bridgehead atoms. The summed E-state index contributed by atoms with van der Waals surface area (Å²) in [6.45, 7) is 0. The van der Waals surface area contributed by atoms with Gasteiger partial charge in [0, 0.05) is 29.4 Å². The van der Waals surface area contributed by atoms with Crippen molar-refractivity contribution in [3.8, 4) is 6.07 Å². The Morgan fingerprint density at radius 1 is 1.00 bits per heavy atom. The Balaban J connectivity index is 1.18. The predicted octanol–water partition coefficient (Wildman–Crippen LogP) is 5.50. The number of nitrogens with zero attached hydrogens (tertiary/aromatic N) is 4. The lowest BCUT2D eigenvalue weighted by Gasteiger charge is -2.15. The molecule has 2 amide bonds. The maximum Gasteiger partial charge on any atom is 0.418 e. The molecule has 2 heterocycles. The zero-order valence-electron chi connectivity index (χ0n) is 21.9. The van der Waals surface area contributed by atoms with Crippen LogP contribution in [0.25, 0.3) is 0 Å². The van der Waals surface area contributed by atoms with Crippen molar-refractivity contribution in [3.05, 3.63) is 89.0 Å². The van der Waals surface area contributed by atoms with E-state index in [-0.39, 0.29) is 17.0 Å². The van der Waals surface area contributed by atoms with E-state index >= 15 is 0 Å². The van der Waals surface area contributed by atoms with Gasteiger partial charge < -0.3 is 10.6 Å². The van der Waals surface area contributed by atoms with E-state index in [4.69, 9.17) is 5.26 Å². The molecule has 5 N–H and O–H groups in total. The van der Waals surface area contributed by atoms with Gasteiger partial charge in [0.2, 0.25) is 5.82 Å². The second-order valence-corrected chi connectivity index (χ2v) is 9.56. The molecule has 2 aromatic carbocycles. The number of hydrogen-bond acceptors (Lipinski definition) is 8. The first-order chi connectivity index (χ1) is 20.2. The highest BCUT2D eigenvalue weighted by Crippen LogP contribution is 2.35. The molecule has 4 aromatic rings. The molecule has 214 valence electrons. The smallest absolute Gasteiger partial charge is 0.325 e. The quantitative estimate of drug-likeness (QED) is 0.172. The summed E-state index contributed by atoms with van der Waals surface area (Å²) in [6.07, 6.45) is 1.33. The van der Waals surface area contributed by atoms with Crippen LogP contribution in [0.3, 0.4) is 0 Å². The van der Waals surface area contributed by atoms with Gasteiger partial charge in [0.05, 0.1) is 28.6 Å². The lowest BCUT2D eigenvalue weighted by Crippen LogP contribution is -2.30. The zero-order valence-corrected chi connectivity index (χ0v) is 21.9. The highest BCUT2D eigenvalue weighted by atomic mass is 19.4. The Labute approximate surface area is 237 Å². The number of benzene rings is 2. The normalized spacial score (nSPS) is 13.3. The number of carbonyl (C=O) groups is 2. The van der Waals surface area contributed by atoms with E-state index < -0.39 is 29.2 Å². The summed E-state index contributed by atoms with van der Waals surface area (Å²) >= 11 is 0. The summed E-state index contributed by atoms with van der Waals surface area (Å²) in [5, 5.41) is 21.9. The molecular formula is C28H24F3N9O2. The van der Waals surface area contributed by atoms with E-state index in [9.17, 15) is 22.8 Å². The van der Waals surface area contributed by atoms with E-state index in [0.717, 1.165) is 24.6 Å². The number of aromatic amines is 1. The van der Waals surface area contributed by atoms with Gasteiger partial charge in [-0.05, 0) is 61.4 Å². The van der Waals surface area contributed by atoms with Gasteiger partial charge in [0.15, 0.2) is 0 Å². The van der Waals surface area contributed by atoms with Gasteiger partial charge in [-0.1, -0.05) is 12.8 Å². The third kappa shape index (κ3) is 6.64. The molecule has 0 saturated heterocycles. The lowest BCUT2D eigenvalue weighted by molar-refractivity contribution is -0.137. The number of nitrogens with one attached hydrogen (secondary N) is 5. The average molecular weight is 576 g/mol. The fourth-order valence-corrected chi connectivity index (χ4v) is 4.55. The van der Waals surface area contributed by atoms with Gasteiger partial charge in [0.25, 0.3) is 11.8 Å². The van der Waals surface area contributed by atoms with E-state index in [1.165, 1.54) is 49.4 Å². The van der Waals surface area contributed by atoms with Gasteiger partial charge in [-0.15, -0.1) is 0 Å². The Morgan fingerprint density at radius 2 is 1.76 bits per heavy atom. The fourth-order valence-electron chi connectivity index (χ4n) is 4.55. The van der Waals surface area contributed by atoms with Crippen LogP contribution >= 0.6 is 0 Å². The first-order valence-corrected chi connectivity index (χ1v) is 12.9. The molecule has 1 aliphatic rings. The third-order valence-electron chi connectivity index (χ3n) is 6.66. The highest BCUT2D eigenvalue weighted by molar-refractivity contribution is 6.02. The summed E-state index contributed by atoms with van der Waals surface area (Å²) < 4.78 is 40.0. The van der Waals surface area contributed by atoms with Crippen molar-refractivity contribution >= 4 is 34.8 Å². The van der Waals surface area contributed by atoms with E-state index in [1.54, 1.807) is 12.1 Å². The van der Waals surface area contributed by atoms with Crippen LogP contribution in [0.5, 0.6) is 0 Å². The minimum Gasteiger partial charge on any atom is -0.325 e. The molecule has 0 atom stereocenters. The largest absolute Gasteiger partial charge is 0.418 e. The standard InChI is InChI=1S/C28H24F3N9O2/c29-28(30,31)20-13-16(15-32)5-10-21(20)37-40-26(41)18-6-8-19(9-7-18)34-27(42)25-33-12-11-23(36-25)35-24-14-22(38-39-24)17-3-1-2-4-17/h5-14,17,37H,1-4H2,(H,34,42)(H,40,41)(H2,33,35,36,38,39). The number of aromatic nitrogens is 4. The molecule has 1 saturated carbocycles. The summed E-state index contributed by atoms with van der Waals surface area (Å²) in [6, 6.07) is 13.8. The number of anilines is 4. The van der Waals surface area contributed by atoms with E-state index in [1.807, 2.05) is 6.07 Å². The molecule has 42 heavy (non-hydrogen) atoms. The van der Waals surface area contributed by atoms with E-state index in [0.29, 0.717) is 29.3 Å². The molecule has 5 rings (SSSR count). The molecule has 0 radical (unpaired) electrons. The zero-order chi connectivity index (χ0) is 29.7. The number of halogens is 3. The summed E-state index contributed by atoms with van der Waals surface area (Å²) in [7, 11) is 0. The highest BCUT2D eigenvalue weighted by Gasteiger charge is 2.34. The molecule has 11 nitrogen and oxygen atoms in total. The number of nitriles is 1. The van der Waals surface area contributed by atoms with Crippen molar-refractivity contribution in [2.75, 3.05) is 16.1 Å². The Bertz CT molecular complexity index is 1640. The number of rotatable bonds is 8. The molecule has 2 aromatic heterocycles. The minimum atomic E-state index is -4.74. The Kier molecular flexibility index (Phi) is 8.00. The van der Waals surface area contributed by atoms with Gasteiger partial charge in [-0.2, -0.15) is 23.5 Å². The first-order valence-electron chi connectivity index (χ1n) is 12.9. The van der Waals surface area contributed by atoms with Crippen LogP contribution in [0, 0.1) is 11.3 Å². The second kappa shape index (κ2) is 12.0. The van der Waals surface area contributed by atoms with Crippen LogP contribution in [-0.4, -0.2) is 32.0 Å². The van der Waals surface area contributed by atoms with Crippen molar-refractivity contribution in [1.82, 2.24) is 25.6 Å². The topological polar surface area (TPSA) is 161 Å². The van der Waals surface area contributed by atoms with Crippen LogP contribution in [-0.2, 0) is 6.18 Å². The number of H-pyrrole nitrogens is 1.